The topological polar surface area (TPSA) is 62.5 Å². The third-order valence-corrected chi connectivity index (χ3v) is 5.65. The molecule has 0 unspecified atom stereocenters. The number of thioether (sulfide) groups is 1. The second kappa shape index (κ2) is 6.42. The van der Waals surface area contributed by atoms with Crippen LogP contribution in [0.25, 0.3) is 5.52 Å². The van der Waals surface area contributed by atoms with E-state index in [2.05, 4.69) is 25.9 Å². The van der Waals surface area contributed by atoms with Crippen molar-refractivity contribution in [1.29, 1.82) is 0 Å². The quantitative estimate of drug-likeness (QED) is 0.518. The molecule has 8 heteroatoms. The van der Waals surface area contributed by atoms with Gasteiger partial charge < -0.3 is 9.80 Å². The van der Waals surface area contributed by atoms with Crippen molar-refractivity contribution in [3.8, 4) is 0 Å². The van der Waals surface area contributed by atoms with Gasteiger partial charge in [-0.2, -0.15) is 5.10 Å². The van der Waals surface area contributed by atoms with Gasteiger partial charge in [0.15, 0.2) is 11.0 Å². The molecule has 1 aliphatic heterocycles. The third kappa shape index (κ3) is 2.88. The van der Waals surface area contributed by atoms with E-state index in [1.165, 1.54) is 18.5 Å². The summed E-state index contributed by atoms with van der Waals surface area (Å²) in [6.45, 7) is 3.72. The second-order valence-corrected chi connectivity index (χ2v) is 7.57. The number of aromatic nitrogens is 5. The first-order valence-corrected chi connectivity index (χ1v) is 10.3. The zero-order chi connectivity index (χ0) is 17.5. The summed E-state index contributed by atoms with van der Waals surface area (Å²) in [7, 11) is 0. The van der Waals surface area contributed by atoms with Crippen molar-refractivity contribution in [1.82, 2.24) is 24.6 Å². The number of anilines is 2. The Labute approximate surface area is 156 Å². The van der Waals surface area contributed by atoms with Gasteiger partial charge in [-0.05, 0) is 25.2 Å². The molecule has 0 N–H and O–H groups in total. The highest BCUT2D eigenvalue weighted by molar-refractivity contribution is 7.98. The summed E-state index contributed by atoms with van der Waals surface area (Å²) in [6, 6.07) is 4.22. The molecule has 3 aromatic heterocycles. The van der Waals surface area contributed by atoms with E-state index < -0.39 is 0 Å². The lowest BCUT2D eigenvalue weighted by molar-refractivity contribution is 0.636. The summed E-state index contributed by atoms with van der Waals surface area (Å²) in [5, 5.41) is 5.19. The van der Waals surface area contributed by atoms with Crippen molar-refractivity contribution >= 4 is 28.9 Å². The molecule has 0 spiro atoms. The van der Waals surface area contributed by atoms with Gasteiger partial charge in [-0.3, -0.25) is 0 Å². The molecule has 134 valence electrons. The second-order valence-electron chi connectivity index (χ2n) is 6.80. The molecule has 3 aromatic rings. The molecular formula is C18H21N7S. The maximum Gasteiger partial charge on any atom is 0.189 e. The van der Waals surface area contributed by atoms with E-state index >= 15 is 0 Å². The Morgan fingerprint density at radius 3 is 2.62 bits per heavy atom. The third-order valence-electron chi connectivity index (χ3n) is 5.10. The summed E-state index contributed by atoms with van der Waals surface area (Å²) >= 11 is 1.63. The zero-order valence-corrected chi connectivity index (χ0v) is 15.6. The van der Waals surface area contributed by atoms with E-state index in [9.17, 15) is 0 Å². The molecule has 1 saturated heterocycles. The molecule has 0 radical (unpaired) electrons. The molecule has 0 atom stereocenters. The van der Waals surface area contributed by atoms with E-state index in [4.69, 9.17) is 9.97 Å². The van der Waals surface area contributed by atoms with Gasteiger partial charge in [0.25, 0.3) is 0 Å². The lowest BCUT2D eigenvalue weighted by Gasteiger charge is -2.36. The summed E-state index contributed by atoms with van der Waals surface area (Å²) in [6.07, 6.45) is 10.1. The molecule has 0 bridgehead atoms. The number of rotatable bonds is 4. The molecular weight excluding hydrogens is 346 g/mol. The number of nitrogens with zero attached hydrogens (tertiary/aromatic N) is 7. The van der Waals surface area contributed by atoms with Gasteiger partial charge in [0.1, 0.15) is 11.3 Å². The average Bonchev–Trinajstić information content (AvgIpc) is 3.44. The molecule has 26 heavy (non-hydrogen) atoms. The highest BCUT2D eigenvalue weighted by Crippen LogP contribution is 2.40. The predicted molar refractivity (Wildman–Crippen MR) is 103 cm³/mol. The van der Waals surface area contributed by atoms with E-state index in [1.54, 1.807) is 11.8 Å². The SMILES string of the molecule is CSc1nc(C2CC2)cc(N2CCN(c3nccn4nccc34)CC2)n1. The van der Waals surface area contributed by atoms with E-state index in [1.807, 2.05) is 35.4 Å². The number of hydrogen-bond donors (Lipinski definition) is 0. The molecule has 0 amide bonds. The Kier molecular flexibility index (Phi) is 3.92. The van der Waals surface area contributed by atoms with Crippen molar-refractivity contribution in [3.63, 3.8) is 0 Å². The molecule has 0 aromatic carbocycles. The van der Waals surface area contributed by atoms with Crippen LogP contribution in [0.1, 0.15) is 24.5 Å². The first-order chi connectivity index (χ1) is 12.8. The predicted octanol–water partition coefficient (Wildman–Crippen LogP) is 2.45. The molecule has 5 rings (SSSR count). The minimum atomic E-state index is 0.646. The van der Waals surface area contributed by atoms with E-state index in [-0.39, 0.29) is 0 Å². The van der Waals surface area contributed by atoms with Crippen molar-refractivity contribution in [2.24, 2.45) is 0 Å². The van der Waals surface area contributed by atoms with Crippen LogP contribution in [0.2, 0.25) is 0 Å². The maximum absolute atomic E-state index is 4.75. The van der Waals surface area contributed by atoms with Crippen LogP contribution in [0.3, 0.4) is 0 Å². The Morgan fingerprint density at radius 2 is 1.85 bits per heavy atom. The van der Waals surface area contributed by atoms with Crippen molar-refractivity contribution < 1.29 is 0 Å². The lowest BCUT2D eigenvalue weighted by Crippen LogP contribution is -2.47. The molecule has 1 aliphatic carbocycles. The maximum atomic E-state index is 4.75. The van der Waals surface area contributed by atoms with Gasteiger partial charge in [-0.1, -0.05) is 11.8 Å². The first kappa shape index (κ1) is 15.9. The summed E-state index contributed by atoms with van der Waals surface area (Å²) in [5.74, 6) is 2.73. The van der Waals surface area contributed by atoms with Crippen LogP contribution < -0.4 is 9.80 Å². The van der Waals surface area contributed by atoms with Gasteiger partial charge in [0, 0.05) is 50.6 Å². The largest absolute Gasteiger partial charge is 0.353 e. The van der Waals surface area contributed by atoms with Crippen molar-refractivity contribution in [3.05, 3.63) is 36.4 Å². The fourth-order valence-electron chi connectivity index (χ4n) is 3.51. The Balaban J connectivity index is 1.36. The molecule has 2 aliphatic rings. The van der Waals surface area contributed by atoms with Gasteiger partial charge in [0.05, 0.1) is 11.9 Å². The zero-order valence-electron chi connectivity index (χ0n) is 14.7. The molecule has 2 fully saturated rings. The van der Waals surface area contributed by atoms with E-state index in [0.29, 0.717) is 5.92 Å². The van der Waals surface area contributed by atoms with Crippen molar-refractivity contribution in [2.75, 3.05) is 42.2 Å². The summed E-state index contributed by atoms with van der Waals surface area (Å²) in [5.41, 5.74) is 2.27. The number of hydrogen-bond acceptors (Lipinski definition) is 7. The van der Waals surface area contributed by atoms with Gasteiger partial charge in [0.2, 0.25) is 0 Å². The highest BCUT2D eigenvalue weighted by Gasteiger charge is 2.28. The van der Waals surface area contributed by atoms with Crippen molar-refractivity contribution in [2.45, 2.75) is 23.9 Å². The minimum Gasteiger partial charge on any atom is -0.353 e. The lowest BCUT2D eigenvalue weighted by atomic mass is 10.2. The highest BCUT2D eigenvalue weighted by atomic mass is 32.2. The fraction of sp³-hybridized carbons (Fsp3) is 0.444. The van der Waals surface area contributed by atoms with Crippen LogP contribution >= 0.6 is 11.8 Å². The van der Waals surface area contributed by atoms with Crippen LogP contribution in [0.15, 0.2) is 35.9 Å². The number of fused-ring (bicyclic) bond motifs is 1. The van der Waals surface area contributed by atoms with Gasteiger partial charge in [-0.25, -0.2) is 19.5 Å². The van der Waals surface area contributed by atoms with Crippen LogP contribution in [-0.2, 0) is 0 Å². The van der Waals surface area contributed by atoms with Gasteiger partial charge in [-0.15, -0.1) is 0 Å². The fourth-order valence-corrected chi connectivity index (χ4v) is 3.89. The van der Waals surface area contributed by atoms with E-state index in [0.717, 1.165) is 48.5 Å². The smallest absolute Gasteiger partial charge is 0.189 e. The van der Waals surface area contributed by atoms with Gasteiger partial charge >= 0.3 is 0 Å². The Morgan fingerprint density at radius 1 is 1.04 bits per heavy atom. The first-order valence-electron chi connectivity index (χ1n) is 9.03. The van der Waals surface area contributed by atoms with Crippen LogP contribution in [-0.4, -0.2) is 57.0 Å². The molecule has 7 nitrogen and oxygen atoms in total. The Bertz CT molecular complexity index is 928. The van der Waals surface area contributed by atoms with Crippen LogP contribution in [0.5, 0.6) is 0 Å². The van der Waals surface area contributed by atoms with Crippen LogP contribution in [0.4, 0.5) is 11.6 Å². The minimum absolute atomic E-state index is 0.646. The van der Waals surface area contributed by atoms with Crippen LogP contribution in [0, 0.1) is 0 Å². The molecule has 4 heterocycles. The Hall–Kier alpha value is -2.35. The standard InChI is InChI=1S/C18H21N7S/c1-26-18-21-14(13-2-3-13)12-16(22-18)23-8-10-24(11-9-23)17-15-4-5-20-25(15)7-6-19-17/h4-7,12-13H,2-3,8-11H2,1H3. The average molecular weight is 367 g/mol. The monoisotopic (exact) mass is 367 g/mol. The summed E-state index contributed by atoms with van der Waals surface area (Å²) in [4.78, 5) is 18.8. The normalized spacial score (nSPS) is 17.9. The molecule has 1 saturated carbocycles. The number of piperazine rings is 1. The summed E-state index contributed by atoms with van der Waals surface area (Å²) < 4.78 is 1.88.